The second-order valence-electron chi connectivity index (χ2n) is 5.87. The van der Waals surface area contributed by atoms with E-state index in [9.17, 15) is 4.79 Å². The molecule has 20 heavy (non-hydrogen) atoms. The van der Waals surface area contributed by atoms with Crippen LogP contribution in [0.4, 0.5) is 0 Å². The van der Waals surface area contributed by atoms with Crippen LogP contribution in [0.3, 0.4) is 0 Å². The van der Waals surface area contributed by atoms with Crippen molar-refractivity contribution in [2.75, 3.05) is 40.3 Å². The Morgan fingerprint density at radius 2 is 1.90 bits per heavy atom. The van der Waals surface area contributed by atoms with Gasteiger partial charge in [-0.3, -0.25) is 9.69 Å². The molecular formula is C16H23ClN2O. The fraction of sp³-hybridized carbons (Fsp3) is 0.562. The van der Waals surface area contributed by atoms with Crippen molar-refractivity contribution in [2.45, 2.75) is 12.8 Å². The zero-order valence-corrected chi connectivity index (χ0v) is 13.1. The number of nitrogens with zero attached hydrogens (tertiary/aromatic N) is 2. The van der Waals surface area contributed by atoms with Crippen molar-refractivity contribution >= 4 is 17.4 Å². The van der Waals surface area contributed by atoms with Crippen molar-refractivity contribution in [3.05, 3.63) is 34.9 Å². The number of Topliss-reactive ketones (excluding diaryl/α,β-unsaturated/α-hetero) is 1. The number of piperidine rings is 1. The van der Waals surface area contributed by atoms with E-state index in [2.05, 4.69) is 16.8 Å². The molecule has 0 aliphatic carbocycles. The second-order valence-corrected chi connectivity index (χ2v) is 6.31. The van der Waals surface area contributed by atoms with Gasteiger partial charge in [-0.25, -0.2) is 0 Å². The van der Waals surface area contributed by atoms with E-state index in [0.717, 1.165) is 12.1 Å². The van der Waals surface area contributed by atoms with Crippen LogP contribution in [0.15, 0.2) is 24.3 Å². The average Bonchev–Trinajstić information content (AvgIpc) is 2.42. The van der Waals surface area contributed by atoms with E-state index >= 15 is 0 Å². The van der Waals surface area contributed by atoms with E-state index in [0.29, 0.717) is 17.5 Å². The van der Waals surface area contributed by atoms with Crippen LogP contribution in [-0.2, 0) is 0 Å². The molecule has 110 valence electrons. The number of rotatable bonds is 5. The molecule has 0 amide bonds. The van der Waals surface area contributed by atoms with E-state index in [1.54, 1.807) is 24.3 Å². The van der Waals surface area contributed by atoms with Crippen LogP contribution in [0.1, 0.15) is 23.2 Å². The van der Waals surface area contributed by atoms with E-state index in [1.165, 1.54) is 25.9 Å². The molecule has 0 unspecified atom stereocenters. The van der Waals surface area contributed by atoms with Gasteiger partial charge in [-0.2, -0.15) is 0 Å². The summed E-state index contributed by atoms with van der Waals surface area (Å²) in [6, 6.07) is 7.14. The van der Waals surface area contributed by atoms with E-state index in [-0.39, 0.29) is 5.78 Å². The molecule has 0 N–H and O–H groups in total. The summed E-state index contributed by atoms with van der Waals surface area (Å²) >= 11 is 5.84. The minimum Gasteiger partial charge on any atom is -0.306 e. The number of likely N-dealkylation sites (tertiary alicyclic amines) is 1. The highest BCUT2D eigenvalue weighted by Crippen LogP contribution is 2.17. The van der Waals surface area contributed by atoms with Gasteiger partial charge in [0.05, 0.1) is 6.54 Å². The number of carbonyl (C=O) groups is 1. The molecule has 1 aromatic rings. The lowest BCUT2D eigenvalue weighted by Gasteiger charge is -2.31. The fourth-order valence-corrected chi connectivity index (χ4v) is 2.85. The van der Waals surface area contributed by atoms with Crippen LogP contribution in [0.5, 0.6) is 0 Å². The van der Waals surface area contributed by atoms with E-state index < -0.39 is 0 Å². The van der Waals surface area contributed by atoms with Crippen molar-refractivity contribution in [3.8, 4) is 0 Å². The quantitative estimate of drug-likeness (QED) is 0.780. The third-order valence-electron chi connectivity index (χ3n) is 3.99. The van der Waals surface area contributed by atoms with Crippen molar-refractivity contribution in [2.24, 2.45) is 5.92 Å². The first kappa shape index (κ1) is 15.5. The number of halogens is 1. The van der Waals surface area contributed by atoms with Crippen LogP contribution in [0, 0.1) is 5.92 Å². The van der Waals surface area contributed by atoms with Crippen molar-refractivity contribution in [3.63, 3.8) is 0 Å². The molecule has 1 saturated heterocycles. The standard InChI is InChI=1S/C16H23ClN2O/c1-18-9-7-13(8-10-18)11-19(2)12-16(20)14-3-5-15(17)6-4-14/h3-6,13H,7-12H2,1-2H3. The minimum absolute atomic E-state index is 0.164. The summed E-state index contributed by atoms with van der Waals surface area (Å²) in [6.45, 7) is 3.83. The Labute approximate surface area is 126 Å². The van der Waals surface area contributed by atoms with Crippen LogP contribution in [0.2, 0.25) is 5.02 Å². The highest BCUT2D eigenvalue weighted by Gasteiger charge is 2.19. The van der Waals surface area contributed by atoms with E-state index in [1.807, 2.05) is 7.05 Å². The van der Waals surface area contributed by atoms with Gasteiger partial charge < -0.3 is 4.90 Å². The summed E-state index contributed by atoms with van der Waals surface area (Å²) < 4.78 is 0. The summed E-state index contributed by atoms with van der Waals surface area (Å²) in [7, 11) is 4.20. The van der Waals surface area contributed by atoms with Gasteiger partial charge >= 0.3 is 0 Å². The Morgan fingerprint density at radius 1 is 1.30 bits per heavy atom. The van der Waals surface area contributed by atoms with Crippen molar-refractivity contribution < 1.29 is 4.79 Å². The highest BCUT2D eigenvalue weighted by molar-refractivity contribution is 6.30. The third-order valence-corrected chi connectivity index (χ3v) is 4.24. The first-order valence-electron chi connectivity index (χ1n) is 7.20. The van der Waals surface area contributed by atoms with Gasteiger partial charge in [0.1, 0.15) is 0 Å². The number of benzene rings is 1. The average molecular weight is 295 g/mol. The number of hydrogen-bond donors (Lipinski definition) is 0. The molecule has 1 aliphatic heterocycles. The van der Waals surface area contributed by atoms with Gasteiger partial charge in [0, 0.05) is 17.1 Å². The molecule has 4 heteroatoms. The molecule has 0 saturated carbocycles. The second kappa shape index (κ2) is 7.21. The highest BCUT2D eigenvalue weighted by atomic mass is 35.5. The number of carbonyl (C=O) groups excluding carboxylic acids is 1. The predicted molar refractivity (Wildman–Crippen MR) is 83.5 cm³/mol. The first-order chi connectivity index (χ1) is 9.54. The van der Waals surface area contributed by atoms with E-state index in [4.69, 9.17) is 11.6 Å². The molecule has 0 radical (unpaired) electrons. The van der Waals surface area contributed by atoms with Gasteiger partial charge in [-0.05, 0) is 70.2 Å². The number of likely N-dealkylation sites (N-methyl/N-ethyl adjacent to an activating group) is 1. The predicted octanol–water partition coefficient (Wildman–Crippen LogP) is 2.80. The Bertz CT molecular complexity index is 438. The Hall–Kier alpha value is -0.900. The molecule has 3 nitrogen and oxygen atoms in total. The summed E-state index contributed by atoms with van der Waals surface area (Å²) in [4.78, 5) is 16.7. The monoisotopic (exact) mass is 294 g/mol. The summed E-state index contributed by atoms with van der Waals surface area (Å²) in [6.07, 6.45) is 2.46. The first-order valence-corrected chi connectivity index (χ1v) is 7.58. The maximum absolute atomic E-state index is 12.2. The Morgan fingerprint density at radius 3 is 2.50 bits per heavy atom. The van der Waals surface area contributed by atoms with Gasteiger partial charge in [0.2, 0.25) is 0 Å². The Balaban J connectivity index is 1.80. The maximum Gasteiger partial charge on any atom is 0.176 e. The molecule has 1 aromatic carbocycles. The van der Waals surface area contributed by atoms with Crippen LogP contribution in [-0.4, -0.2) is 55.9 Å². The van der Waals surface area contributed by atoms with Gasteiger partial charge in [-0.1, -0.05) is 11.6 Å². The topological polar surface area (TPSA) is 23.6 Å². The summed E-state index contributed by atoms with van der Waals surface area (Å²) in [5.41, 5.74) is 0.740. The van der Waals surface area contributed by atoms with Crippen molar-refractivity contribution in [1.29, 1.82) is 0 Å². The Kier molecular flexibility index (Phi) is 5.58. The molecule has 0 aromatic heterocycles. The van der Waals surface area contributed by atoms with Crippen LogP contribution < -0.4 is 0 Å². The molecule has 1 heterocycles. The zero-order chi connectivity index (χ0) is 14.5. The van der Waals surface area contributed by atoms with Gasteiger partial charge in [0.15, 0.2) is 5.78 Å². The molecule has 0 atom stereocenters. The van der Waals surface area contributed by atoms with Crippen LogP contribution in [0.25, 0.3) is 0 Å². The van der Waals surface area contributed by atoms with Gasteiger partial charge in [0.25, 0.3) is 0 Å². The normalized spacial score (nSPS) is 17.6. The number of hydrogen-bond acceptors (Lipinski definition) is 3. The number of ketones is 1. The largest absolute Gasteiger partial charge is 0.306 e. The maximum atomic E-state index is 12.2. The molecule has 2 rings (SSSR count). The third kappa shape index (κ3) is 4.58. The lowest BCUT2D eigenvalue weighted by atomic mass is 9.96. The molecule has 1 aliphatic rings. The minimum atomic E-state index is 0.164. The lowest BCUT2D eigenvalue weighted by molar-refractivity contribution is 0.0925. The van der Waals surface area contributed by atoms with Gasteiger partial charge in [-0.15, -0.1) is 0 Å². The zero-order valence-electron chi connectivity index (χ0n) is 12.3. The molecule has 1 fully saturated rings. The lowest BCUT2D eigenvalue weighted by Crippen LogP contribution is -2.37. The molecule has 0 spiro atoms. The van der Waals surface area contributed by atoms with Crippen molar-refractivity contribution in [1.82, 2.24) is 9.80 Å². The van der Waals surface area contributed by atoms with Crippen LogP contribution >= 0.6 is 11.6 Å². The fourth-order valence-electron chi connectivity index (χ4n) is 2.72. The summed E-state index contributed by atoms with van der Waals surface area (Å²) in [5.74, 6) is 0.881. The summed E-state index contributed by atoms with van der Waals surface area (Å²) in [5, 5.41) is 0.668. The molecule has 0 bridgehead atoms. The molecular weight excluding hydrogens is 272 g/mol. The SMILES string of the molecule is CN1CCC(CN(C)CC(=O)c2ccc(Cl)cc2)CC1. The smallest absolute Gasteiger partial charge is 0.176 e.